The number of esters is 1. The number of ether oxygens (including phenoxy) is 1. The van der Waals surface area contributed by atoms with Gasteiger partial charge in [0.05, 0.1) is 6.10 Å². The van der Waals surface area contributed by atoms with E-state index in [9.17, 15) is 4.79 Å². The van der Waals surface area contributed by atoms with Gasteiger partial charge in [-0.2, -0.15) is 0 Å². The molecule has 3 nitrogen and oxygen atoms in total. The quantitative estimate of drug-likeness (QED) is 0.644. The normalized spacial score (nSPS) is 13.0. The van der Waals surface area contributed by atoms with E-state index < -0.39 is 0 Å². The van der Waals surface area contributed by atoms with Crippen molar-refractivity contribution in [1.82, 2.24) is 0 Å². The van der Waals surface area contributed by atoms with Crippen molar-refractivity contribution in [3.05, 3.63) is 0 Å². The van der Waals surface area contributed by atoms with Crippen LogP contribution in [0.25, 0.3) is 0 Å². The fourth-order valence-corrected chi connectivity index (χ4v) is 1.11. The van der Waals surface area contributed by atoms with Crippen LogP contribution in [0, 0.1) is 5.92 Å². The molecule has 2 N–H and O–H groups in total. The monoisotopic (exact) mass is 187 g/mol. The summed E-state index contributed by atoms with van der Waals surface area (Å²) < 4.78 is 5.01. The van der Waals surface area contributed by atoms with Gasteiger partial charge < -0.3 is 10.5 Å². The van der Waals surface area contributed by atoms with Crippen LogP contribution in [0.3, 0.4) is 0 Å². The van der Waals surface area contributed by atoms with Gasteiger partial charge in [0.25, 0.3) is 0 Å². The lowest BCUT2D eigenvalue weighted by atomic mass is 10.0. The van der Waals surface area contributed by atoms with Crippen molar-refractivity contribution in [2.75, 3.05) is 6.54 Å². The summed E-state index contributed by atoms with van der Waals surface area (Å²) >= 11 is 0. The summed E-state index contributed by atoms with van der Waals surface area (Å²) in [4.78, 5) is 11.1. The highest BCUT2D eigenvalue weighted by molar-refractivity contribution is 5.69. The van der Waals surface area contributed by atoms with E-state index in [2.05, 4.69) is 6.92 Å². The maximum Gasteiger partial charge on any atom is 0.306 e. The van der Waals surface area contributed by atoms with E-state index in [1.54, 1.807) is 0 Å². The van der Waals surface area contributed by atoms with E-state index in [4.69, 9.17) is 10.5 Å². The maximum absolute atomic E-state index is 11.1. The standard InChI is InChI=1S/C10H21NO2/c1-8(2)13-10(12)5-4-9(3)6-7-11/h8-9H,4-7,11H2,1-3H3. The first-order valence-electron chi connectivity index (χ1n) is 4.95. The number of hydrogen-bond acceptors (Lipinski definition) is 3. The third-order valence-corrected chi connectivity index (χ3v) is 1.87. The van der Waals surface area contributed by atoms with Gasteiger partial charge in [-0.25, -0.2) is 0 Å². The highest BCUT2D eigenvalue weighted by Gasteiger charge is 2.08. The zero-order chi connectivity index (χ0) is 10.3. The summed E-state index contributed by atoms with van der Waals surface area (Å²) in [5.74, 6) is 0.420. The average Bonchev–Trinajstić information content (AvgIpc) is 2.00. The van der Waals surface area contributed by atoms with Crippen molar-refractivity contribution < 1.29 is 9.53 Å². The third-order valence-electron chi connectivity index (χ3n) is 1.87. The van der Waals surface area contributed by atoms with Crippen molar-refractivity contribution in [1.29, 1.82) is 0 Å². The molecule has 78 valence electrons. The minimum absolute atomic E-state index is 0.00249. The summed E-state index contributed by atoms with van der Waals surface area (Å²) in [7, 11) is 0. The summed E-state index contributed by atoms with van der Waals surface area (Å²) in [6.45, 7) is 6.53. The van der Waals surface area contributed by atoms with Gasteiger partial charge in [0.2, 0.25) is 0 Å². The van der Waals surface area contributed by atoms with E-state index in [-0.39, 0.29) is 12.1 Å². The molecule has 13 heavy (non-hydrogen) atoms. The maximum atomic E-state index is 11.1. The predicted octanol–water partition coefficient (Wildman–Crippen LogP) is 1.70. The second kappa shape index (κ2) is 6.89. The smallest absolute Gasteiger partial charge is 0.306 e. The first-order valence-corrected chi connectivity index (χ1v) is 4.95. The molecule has 0 heterocycles. The minimum Gasteiger partial charge on any atom is -0.463 e. The lowest BCUT2D eigenvalue weighted by molar-refractivity contribution is -0.147. The van der Waals surface area contributed by atoms with Gasteiger partial charge in [0.1, 0.15) is 0 Å². The van der Waals surface area contributed by atoms with Gasteiger partial charge in [0.15, 0.2) is 0 Å². The molecule has 0 aliphatic carbocycles. The van der Waals surface area contributed by atoms with Gasteiger partial charge in [-0.3, -0.25) is 4.79 Å². The molecule has 1 unspecified atom stereocenters. The Labute approximate surface area is 80.6 Å². The lowest BCUT2D eigenvalue weighted by Gasteiger charge is -2.10. The number of hydrogen-bond donors (Lipinski definition) is 1. The SMILES string of the molecule is CC(CCN)CCC(=O)OC(C)C. The number of carbonyl (C=O) groups excluding carboxylic acids is 1. The Kier molecular flexibility index (Phi) is 6.59. The molecule has 1 atom stereocenters. The molecule has 0 aromatic rings. The fourth-order valence-electron chi connectivity index (χ4n) is 1.11. The first kappa shape index (κ1) is 12.4. The van der Waals surface area contributed by atoms with E-state index >= 15 is 0 Å². The Balaban J connectivity index is 3.46. The van der Waals surface area contributed by atoms with Crippen LogP contribution in [0.4, 0.5) is 0 Å². The second-order valence-corrected chi connectivity index (χ2v) is 3.76. The summed E-state index contributed by atoms with van der Waals surface area (Å²) in [5, 5.41) is 0. The van der Waals surface area contributed by atoms with Crippen molar-refractivity contribution >= 4 is 5.97 Å². The largest absolute Gasteiger partial charge is 0.463 e. The van der Waals surface area contributed by atoms with Crippen molar-refractivity contribution in [2.45, 2.75) is 46.1 Å². The van der Waals surface area contributed by atoms with E-state index in [1.165, 1.54) is 0 Å². The Morgan fingerprint density at radius 1 is 1.31 bits per heavy atom. The van der Waals surface area contributed by atoms with Gasteiger partial charge in [-0.05, 0) is 39.2 Å². The topological polar surface area (TPSA) is 52.3 Å². The van der Waals surface area contributed by atoms with Gasteiger partial charge in [-0.1, -0.05) is 6.92 Å². The van der Waals surface area contributed by atoms with Crippen molar-refractivity contribution in [3.8, 4) is 0 Å². The highest BCUT2D eigenvalue weighted by Crippen LogP contribution is 2.10. The molecule has 0 radical (unpaired) electrons. The number of carbonyl (C=O) groups is 1. The third kappa shape index (κ3) is 7.78. The molecule has 0 aromatic carbocycles. The average molecular weight is 187 g/mol. The van der Waals surface area contributed by atoms with Gasteiger partial charge in [0, 0.05) is 6.42 Å². The van der Waals surface area contributed by atoms with Crippen LogP contribution in [0.5, 0.6) is 0 Å². The number of rotatable bonds is 6. The van der Waals surface area contributed by atoms with E-state index in [1.807, 2.05) is 13.8 Å². The van der Waals surface area contributed by atoms with Crippen molar-refractivity contribution in [3.63, 3.8) is 0 Å². The van der Waals surface area contributed by atoms with Crippen molar-refractivity contribution in [2.24, 2.45) is 11.7 Å². The molecule has 0 saturated heterocycles. The zero-order valence-electron chi connectivity index (χ0n) is 8.88. The molecule has 0 amide bonds. The molecular weight excluding hydrogens is 166 g/mol. The van der Waals surface area contributed by atoms with E-state index in [0.29, 0.717) is 18.9 Å². The van der Waals surface area contributed by atoms with Gasteiger partial charge >= 0.3 is 5.97 Å². The molecule has 3 heteroatoms. The predicted molar refractivity (Wildman–Crippen MR) is 53.3 cm³/mol. The Morgan fingerprint density at radius 2 is 1.92 bits per heavy atom. The van der Waals surface area contributed by atoms with Crippen LogP contribution < -0.4 is 5.73 Å². The van der Waals surface area contributed by atoms with Crippen LogP contribution >= 0.6 is 0 Å². The fraction of sp³-hybridized carbons (Fsp3) is 0.900. The minimum atomic E-state index is -0.0983. The van der Waals surface area contributed by atoms with Crippen LogP contribution in [-0.2, 0) is 9.53 Å². The molecule has 0 saturated carbocycles. The molecule has 0 rings (SSSR count). The van der Waals surface area contributed by atoms with Crippen LogP contribution in [0.2, 0.25) is 0 Å². The van der Waals surface area contributed by atoms with Crippen LogP contribution in [0.1, 0.15) is 40.0 Å². The zero-order valence-corrected chi connectivity index (χ0v) is 8.88. The van der Waals surface area contributed by atoms with E-state index in [0.717, 1.165) is 12.8 Å². The Hall–Kier alpha value is -0.570. The van der Waals surface area contributed by atoms with Crippen LogP contribution in [0.15, 0.2) is 0 Å². The number of nitrogens with two attached hydrogens (primary N) is 1. The first-order chi connectivity index (χ1) is 6.06. The Morgan fingerprint density at radius 3 is 2.38 bits per heavy atom. The molecule has 0 spiro atoms. The Bertz CT molecular complexity index is 146. The molecule has 0 aromatic heterocycles. The summed E-state index contributed by atoms with van der Waals surface area (Å²) in [6.07, 6.45) is 2.37. The van der Waals surface area contributed by atoms with Gasteiger partial charge in [-0.15, -0.1) is 0 Å². The summed E-state index contributed by atoms with van der Waals surface area (Å²) in [5.41, 5.74) is 5.40. The second-order valence-electron chi connectivity index (χ2n) is 3.76. The van der Waals surface area contributed by atoms with Crippen LogP contribution in [-0.4, -0.2) is 18.6 Å². The molecule has 0 bridgehead atoms. The summed E-state index contributed by atoms with van der Waals surface area (Å²) in [6, 6.07) is 0. The molecule has 0 aliphatic rings. The lowest BCUT2D eigenvalue weighted by Crippen LogP contribution is -2.13. The highest BCUT2D eigenvalue weighted by atomic mass is 16.5. The molecule has 0 aliphatic heterocycles. The molecular formula is C10H21NO2. The molecule has 0 fully saturated rings.